The summed E-state index contributed by atoms with van der Waals surface area (Å²) in [5, 5.41) is 19.9. The number of aliphatic hydroxyl groups is 1. The molecule has 2 atom stereocenters. The maximum atomic E-state index is 10.4. The molecule has 2 aliphatic rings. The lowest BCUT2D eigenvalue weighted by atomic mass is 10.1. The van der Waals surface area contributed by atoms with Crippen molar-refractivity contribution in [2.75, 3.05) is 50.0 Å². The van der Waals surface area contributed by atoms with Crippen LogP contribution in [0.1, 0.15) is 5.56 Å². The summed E-state index contributed by atoms with van der Waals surface area (Å²) in [5.41, 5.74) is 7.46. The van der Waals surface area contributed by atoms with Crippen molar-refractivity contribution in [1.82, 2.24) is 4.90 Å². The Balaban J connectivity index is 1.82. The smallest absolute Gasteiger partial charge is 0.0993 e. The van der Waals surface area contributed by atoms with E-state index in [1.807, 2.05) is 4.90 Å². The fourth-order valence-electron chi connectivity index (χ4n) is 3.16. The number of anilines is 2. The molecule has 118 valence electrons. The van der Waals surface area contributed by atoms with Crippen LogP contribution in [0, 0.1) is 11.3 Å². The number of hydrogen-bond acceptors (Lipinski definition) is 6. The molecule has 6 nitrogen and oxygen atoms in total. The van der Waals surface area contributed by atoms with E-state index in [9.17, 15) is 5.11 Å². The Bertz CT molecular complexity index is 598. The van der Waals surface area contributed by atoms with Crippen LogP contribution in [0.25, 0.3) is 0 Å². The predicted molar refractivity (Wildman–Crippen MR) is 85.0 cm³/mol. The fourth-order valence-corrected chi connectivity index (χ4v) is 3.39. The van der Waals surface area contributed by atoms with Gasteiger partial charge in [0.1, 0.15) is 0 Å². The quantitative estimate of drug-likeness (QED) is 0.779. The molecule has 0 bridgehead atoms. The minimum absolute atomic E-state index is 0.0481. The first-order valence-electron chi connectivity index (χ1n) is 7.34. The maximum absolute atomic E-state index is 10.4. The Hall–Kier alpha value is -1.52. The summed E-state index contributed by atoms with van der Waals surface area (Å²) >= 11 is 6.29. The number of aliphatic hydroxyl groups excluding tert-OH is 1. The third kappa shape index (κ3) is 2.85. The molecule has 1 aromatic carbocycles. The molecule has 2 saturated heterocycles. The van der Waals surface area contributed by atoms with Crippen molar-refractivity contribution in [3.05, 3.63) is 22.7 Å². The minimum atomic E-state index is -0.457. The van der Waals surface area contributed by atoms with Crippen LogP contribution in [0.15, 0.2) is 12.1 Å². The van der Waals surface area contributed by atoms with Gasteiger partial charge in [-0.25, -0.2) is 0 Å². The van der Waals surface area contributed by atoms with Crippen molar-refractivity contribution >= 4 is 23.0 Å². The number of ether oxygens (including phenoxy) is 1. The predicted octanol–water partition coefficient (Wildman–Crippen LogP) is 0.676. The van der Waals surface area contributed by atoms with Crippen LogP contribution in [-0.4, -0.2) is 61.5 Å². The molecule has 2 fully saturated rings. The third-order valence-corrected chi connectivity index (χ3v) is 4.74. The number of morpholine rings is 1. The number of nitrogens with two attached hydrogens (primary N) is 1. The molecule has 2 heterocycles. The average molecular weight is 323 g/mol. The Morgan fingerprint density at radius 1 is 1.32 bits per heavy atom. The minimum Gasteiger partial charge on any atom is -0.397 e. The Morgan fingerprint density at radius 2 is 2.05 bits per heavy atom. The lowest BCUT2D eigenvalue weighted by Crippen LogP contribution is -2.48. The molecule has 3 N–H and O–H groups in total. The first-order chi connectivity index (χ1) is 10.6. The van der Waals surface area contributed by atoms with Gasteiger partial charge in [-0.1, -0.05) is 11.6 Å². The van der Waals surface area contributed by atoms with E-state index in [0.717, 1.165) is 13.1 Å². The topological polar surface area (TPSA) is 85.8 Å². The number of halogens is 1. The largest absolute Gasteiger partial charge is 0.397 e. The first-order valence-corrected chi connectivity index (χ1v) is 7.72. The second kappa shape index (κ2) is 6.31. The van der Waals surface area contributed by atoms with E-state index < -0.39 is 6.10 Å². The number of nitrogen functional groups attached to an aromatic ring is 1. The molecule has 0 aliphatic carbocycles. The first kappa shape index (κ1) is 15.4. The molecule has 0 saturated carbocycles. The molecule has 22 heavy (non-hydrogen) atoms. The highest BCUT2D eigenvalue weighted by Crippen LogP contribution is 2.35. The second-order valence-electron chi connectivity index (χ2n) is 5.70. The summed E-state index contributed by atoms with van der Waals surface area (Å²) < 4.78 is 5.36. The zero-order chi connectivity index (χ0) is 15.7. The van der Waals surface area contributed by atoms with Crippen LogP contribution < -0.4 is 10.6 Å². The Kier molecular flexibility index (Phi) is 4.41. The van der Waals surface area contributed by atoms with Gasteiger partial charge >= 0.3 is 0 Å². The second-order valence-corrected chi connectivity index (χ2v) is 6.08. The number of benzene rings is 1. The van der Waals surface area contributed by atoms with Crippen LogP contribution in [0.2, 0.25) is 5.02 Å². The molecule has 3 rings (SSSR count). The lowest BCUT2D eigenvalue weighted by molar-refractivity contribution is -0.00588. The normalized spacial score (nSPS) is 26.1. The zero-order valence-electron chi connectivity index (χ0n) is 12.2. The number of nitriles is 1. The average Bonchev–Trinajstić information content (AvgIpc) is 2.92. The highest BCUT2D eigenvalue weighted by atomic mass is 35.5. The summed E-state index contributed by atoms with van der Waals surface area (Å²) in [7, 11) is 0. The van der Waals surface area contributed by atoms with Crippen molar-refractivity contribution in [2.45, 2.75) is 12.1 Å². The maximum Gasteiger partial charge on any atom is 0.0993 e. The van der Waals surface area contributed by atoms with Gasteiger partial charge in [-0.3, -0.25) is 4.90 Å². The SMILES string of the molecule is N#Cc1cc(N)c(Cl)c(N2C[C@@H](O)[C@H](N3CCOCC3)C2)c1. The molecule has 2 aliphatic heterocycles. The molecule has 0 spiro atoms. The lowest BCUT2D eigenvalue weighted by Gasteiger charge is -2.33. The summed E-state index contributed by atoms with van der Waals surface area (Å²) in [6.07, 6.45) is -0.457. The standard InChI is InChI=1S/C15H19ClN4O2/c16-15-11(18)5-10(7-17)6-12(15)20-8-13(14(21)9-20)19-1-3-22-4-2-19/h5-6,13-14,21H,1-4,8-9,18H2/t13-,14-/m1/s1. The van der Waals surface area contributed by atoms with E-state index in [-0.39, 0.29) is 6.04 Å². The summed E-state index contributed by atoms with van der Waals surface area (Å²) in [4.78, 5) is 4.25. The van der Waals surface area contributed by atoms with Gasteiger partial charge in [0.05, 0.1) is 53.4 Å². The molecule has 0 unspecified atom stereocenters. The third-order valence-electron chi connectivity index (χ3n) is 4.33. The van der Waals surface area contributed by atoms with Gasteiger partial charge in [-0.05, 0) is 12.1 Å². The highest BCUT2D eigenvalue weighted by Gasteiger charge is 2.37. The molecule has 0 radical (unpaired) electrons. The van der Waals surface area contributed by atoms with Gasteiger partial charge in [-0.2, -0.15) is 5.26 Å². The fraction of sp³-hybridized carbons (Fsp3) is 0.533. The Morgan fingerprint density at radius 3 is 2.73 bits per heavy atom. The van der Waals surface area contributed by atoms with Crippen LogP contribution in [-0.2, 0) is 4.74 Å². The summed E-state index contributed by atoms with van der Waals surface area (Å²) in [5.74, 6) is 0. The van der Waals surface area contributed by atoms with Gasteiger partial charge in [0.2, 0.25) is 0 Å². The number of hydrogen-bond donors (Lipinski definition) is 2. The van der Waals surface area contributed by atoms with Gasteiger partial charge in [0.25, 0.3) is 0 Å². The monoisotopic (exact) mass is 322 g/mol. The summed E-state index contributed by atoms with van der Waals surface area (Å²) in [6.45, 7) is 4.18. The Labute approximate surface area is 134 Å². The van der Waals surface area contributed by atoms with Crippen molar-refractivity contribution in [1.29, 1.82) is 5.26 Å². The van der Waals surface area contributed by atoms with Crippen molar-refractivity contribution < 1.29 is 9.84 Å². The van der Waals surface area contributed by atoms with E-state index >= 15 is 0 Å². The van der Waals surface area contributed by atoms with E-state index in [1.165, 1.54) is 0 Å². The van der Waals surface area contributed by atoms with Crippen molar-refractivity contribution in [3.8, 4) is 6.07 Å². The molecule has 0 amide bonds. The zero-order valence-corrected chi connectivity index (χ0v) is 13.0. The molecule has 0 aromatic heterocycles. The number of nitrogens with zero attached hydrogens (tertiary/aromatic N) is 3. The number of β-amino-alcohol motifs (C(OH)–C–C–N with tert-alkyl or cyclic N) is 1. The van der Waals surface area contributed by atoms with E-state index in [4.69, 9.17) is 27.3 Å². The van der Waals surface area contributed by atoms with Crippen LogP contribution in [0.4, 0.5) is 11.4 Å². The van der Waals surface area contributed by atoms with Gasteiger partial charge in [0, 0.05) is 26.2 Å². The summed E-state index contributed by atoms with van der Waals surface area (Å²) in [6, 6.07) is 5.43. The van der Waals surface area contributed by atoms with Crippen LogP contribution in [0.3, 0.4) is 0 Å². The molecular weight excluding hydrogens is 304 g/mol. The van der Waals surface area contributed by atoms with Crippen molar-refractivity contribution in [3.63, 3.8) is 0 Å². The van der Waals surface area contributed by atoms with E-state index in [0.29, 0.717) is 48.3 Å². The van der Waals surface area contributed by atoms with Gasteiger partial charge in [-0.15, -0.1) is 0 Å². The van der Waals surface area contributed by atoms with Gasteiger partial charge < -0.3 is 20.5 Å². The van der Waals surface area contributed by atoms with Crippen LogP contribution >= 0.6 is 11.6 Å². The molecule has 1 aromatic rings. The van der Waals surface area contributed by atoms with Gasteiger partial charge in [0.15, 0.2) is 0 Å². The number of rotatable bonds is 2. The highest BCUT2D eigenvalue weighted by molar-refractivity contribution is 6.35. The molecule has 7 heteroatoms. The van der Waals surface area contributed by atoms with E-state index in [2.05, 4.69) is 11.0 Å². The van der Waals surface area contributed by atoms with Crippen LogP contribution in [0.5, 0.6) is 0 Å². The molecular formula is C15H19ClN4O2. The van der Waals surface area contributed by atoms with Crippen molar-refractivity contribution in [2.24, 2.45) is 0 Å². The van der Waals surface area contributed by atoms with E-state index in [1.54, 1.807) is 12.1 Å².